The number of carbonyl (C=O) groups excluding carboxylic acids is 1. The number of nitrogens with zero attached hydrogens (tertiary/aromatic N) is 1. The number of H-pyrrole nitrogens is 1. The second-order valence-electron chi connectivity index (χ2n) is 4.41. The van der Waals surface area contributed by atoms with Crippen molar-refractivity contribution in [2.75, 3.05) is 6.54 Å². The van der Waals surface area contributed by atoms with E-state index in [1.54, 1.807) is 0 Å². The number of nitriles is 1. The molecule has 0 saturated carbocycles. The van der Waals surface area contributed by atoms with Crippen molar-refractivity contribution in [3.05, 3.63) is 23.5 Å². The Labute approximate surface area is 100 Å². The summed E-state index contributed by atoms with van der Waals surface area (Å²) in [7, 11) is 0. The quantitative estimate of drug-likeness (QED) is 0.712. The summed E-state index contributed by atoms with van der Waals surface area (Å²) in [6.07, 6.45) is 1.59. The summed E-state index contributed by atoms with van der Waals surface area (Å²) in [5.74, 6) is 0.102. The summed E-state index contributed by atoms with van der Waals surface area (Å²) >= 11 is 0. The first-order valence-corrected chi connectivity index (χ1v) is 5.57. The van der Waals surface area contributed by atoms with Gasteiger partial charge in [0.15, 0.2) is 0 Å². The highest BCUT2D eigenvalue weighted by atomic mass is 16.3. The third-order valence-corrected chi connectivity index (χ3v) is 2.31. The number of hydrogen-bond acceptors (Lipinski definition) is 3. The Bertz CT molecular complexity index is 418. The van der Waals surface area contributed by atoms with Gasteiger partial charge in [-0.25, -0.2) is 0 Å². The zero-order valence-corrected chi connectivity index (χ0v) is 10.0. The van der Waals surface area contributed by atoms with E-state index in [4.69, 9.17) is 5.26 Å². The lowest BCUT2D eigenvalue weighted by molar-refractivity contribution is 0.0900. The highest BCUT2D eigenvalue weighted by molar-refractivity contribution is 5.94. The molecule has 17 heavy (non-hydrogen) atoms. The highest BCUT2D eigenvalue weighted by Crippen LogP contribution is 2.05. The van der Waals surface area contributed by atoms with Gasteiger partial charge in [0.25, 0.3) is 5.91 Å². The van der Waals surface area contributed by atoms with Crippen molar-refractivity contribution < 1.29 is 9.90 Å². The molecule has 0 saturated heterocycles. The Kier molecular flexibility index (Phi) is 4.73. The molecule has 0 aromatic carbocycles. The summed E-state index contributed by atoms with van der Waals surface area (Å²) < 4.78 is 0. The van der Waals surface area contributed by atoms with Crippen LogP contribution in [0.25, 0.3) is 0 Å². The molecule has 1 amide bonds. The van der Waals surface area contributed by atoms with Crippen LogP contribution >= 0.6 is 0 Å². The van der Waals surface area contributed by atoms with Gasteiger partial charge in [-0.15, -0.1) is 0 Å². The molecule has 0 bridgehead atoms. The third-order valence-electron chi connectivity index (χ3n) is 2.31. The molecule has 0 aliphatic heterocycles. The van der Waals surface area contributed by atoms with E-state index < -0.39 is 6.10 Å². The van der Waals surface area contributed by atoms with Crippen LogP contribution in [0.4, 0.5) is 0 Å². The van der Waals surface area contributed by atoms with Crippen molar-refractivity contribution >= 4 is 5.91 Å². The van der Waals surface area contributed by atoms with Gasteiger partial charge in [-0.1, -0.05) is 13.8 Å². The summed E-state index contributed by atoms with van der Waals surface area (Å²) in [5.41, 5.74) is 0.746. The van der Waals surface area contributed by atoms with Gasteiger partial charge in [-0.05, 0) is 18.4 Å². The molecule has 1 rings (SSSR count). The van der Waals surface area contributed by atoms with Gasteiger partial charge in [0, 0.05) is 12.7 Å². The maximum atomic E-state index is 11.6. The molecule has 0 radical (unpaired) electrons. The highest BCUT2D eigenvalue weighted by Gasteiger charge is 2.11. The number of aromatic amines is 1. The molecule has 1 atom stereocenters. The number of hydrogen-bond donors (Lipinski definition) is 3. The standard InChI is InChI=1S/C12H17N3O2/c1-8(2)3-11(16)7-15-12(17)9-4-10(5-13)14-6-9/h4,6,8,11,14,16H,3,7H2,1-2H3,(H,15,17). The maximum Gasteiger partial charge on any atom is 0.252 e. The number of rotatable bonds is 5. The molecule has 0 aliphatic carbocycles. The van der Waals surface area contributed by atoms with Crippen LogP contribution in [-0.2, 0) is 0 Å². The first-order chi connectivity index (χ1) is 8.02. The SMILES string of the molecule is CC(C)CC(O)CNC(=O)c1c[nH]c(C#N)c1. The van der Waals surface area contributed by atoms with Crippen LogP contribution in [0.1, 0.15) is 36.3 Å². The lowest BCUT2D eigenvalue weighted by Gasteiger charge is -2.13. The average molecular weight is 235 g/mol. The predicted octanol–water partition coefficient (Wildman–Crippen LogP) is 1.02. The fourth-order valence-electron chi connectivity index (χ4n) is 1.53. The van der Waals surface area contributed by atoms with Crippen LogP contribution in [0.2, 0.25) is 0 Å². The molecule has 1 aromatic heterocycles. The zero-order valence-electron chi connectivity index (χ0n) is 10.0. The van der Waals surface area contributed by atoms with E-state index in [0.29, 0.717) is 23.6 Å². The minimum atomic E-state index is -0.534. The first kappa shape index (κ1) is 13.3. The third kappa shape index (κ3) is 4.29. The van der Waals surface area contributed by atoms with Crippen molar-refractivity contribution in [1.29, 1.82) is 5.26 Å². The van der Waals surface area contributed by atoms with E-state index in [1.807, 2.05) is 19.9 Å². The fraction of sp³-hybridized carbons (Fsp3) is 0.500. The molecular formula is C12H17N3O2. The van der Waals surface area contributed by atoms with E-state index in [2.05, 4.69) is 10.3 Å². The second kappa shape index (κ2) is 6.06. The number of aliphatic hydroxyl groups excluding tert-OH is 1. The minimum absolute atomic E-state index is 0.226. The van der Waals surface area contributed by atoms with Gasteiger partial charge in [0.1, 0.15) is 11.8 Å². The van der Waals surface area contributed by atoms with Crippen molar-refractivity contribution in [3.8, 4) is 6.07 Å². The van der Waals surface area contributed by atoms with E-state index in [-0.39, 0.29) is 12.5 Å². The molecule has 1 heterocycles. The summed E-state index contributed by atoms with van der Waals surface area (Å²) in [6, 6.07) is 3.38. The Hall–Kier alpha value is -1.80. The van der Waals surface area contributed by atoms with Crippen LogP contribution in [0.5, 0.6) is 0 Å². The van der Waals surface area contributed by atoms with Crippen molar-refractivity contribution in [2.24, 2.45) is 5.92 Å². The summed E-state index contributed by atoms with van der Waals surface area (Å²) in [5, 5.41) is 20.8. The molecule has 0 aliphatic rings. The Morgan fingerprint density at radius 1 is 1.65 bits per heavy atom. The lowest BCUT2D eigenvalue weighted by Crippen LogP contribution is -2.32. The van der Waals surface area contributed by atoms with E-state index in [9.17, 15) is 9.90 Å². The first-order valence-electron chi connectivity index (χ1n) is 5.57. The van der Waals surface area contributed by atoms with Crippen LogP contribution < -0.4 is 5.32 Å². The van der Waals surface area contributed by atoms with Gasteiger partial charge < -0.3 is 15.4 Å². The zero-order chi connectivity index (χ0) is 12.8. The van der Waals surface area contributed by atoms with Crippen LogP contribution in [0.3, 0.4) is 0 Å². The molecule has 0 fully saturated rings. The molecule has 5 nitrogen and oxygen atoms in total. The minimum Gasteiger partial charge on any atom is -0.391 e. The van der Waals surface area contributed by atoms with Gasteiger partial charge in [-0.3, -0.25) is 4.79 Å². The number of carbonyl (C=O) groups is 1. The molecule has 92 valence electrons. The second-order valence-corrected chi connectivity index (χ2v) is 4.41. The molecule has 3 N–H and O–H groups in total. The van der Waals surface area contributed by atoms with Crippen molar-refractivity contribution in [2.45, 2.75) is 26.4 Å². The molecule has 0 spiro atoms. The van der Waals surface area contributed by atoms with E-state index in [1.165, 1.54) is 12.3 Å². The number of nitrogens with one attached hydrogen (secondary N) is 2. The molecule has 1 unspecified atom stereocenters. The largest absolute Gasteiger partial charge is 0.391 e. The molecule has 1 aromatic rings. The smallest absolute Gasteiger partial charge is 0.252 e. The van der Waals surface area contributed by atoms with Crippen LogP contribution in [0.15, 0.2) is 12.3 Å². The Balaban J connectivity index is 2.42. The number of aromatic nitrogens is 1. The summed E-state index contributed by atoms with van der Waals surface area (Å²) in [4.78, 5) is 14.3. The van der Waals surface area contributed by atoms with Crippen LogP contribution in [-0.4, -0.2) is 28.6 Å². The molecular weight excluding hydrogens is 218 g/mol. The monoisotopic (exact) mass is 235 g/mol. The van der Waals surface area contributed by atoms with Gasteiger partial charge in [0.2, 0.25) is 0 Å². The topological polar surface area (TPSA) is 88.9 Å². The van der Waals surface area contributed by atoms with Crippen molar-refractivity contribution in [3.63, 3.8) is 0 Å². The van der Waals surface area contributed by atoms with Gasteiger partial charge in [-0.2, -0.15) is 5.26 Å². The number of aliphatic hydroxyl groups is 1. The fourth-order valence-corrected chi connectivity index (χ4v) is 1.53. The maximum absolute atomic E-state index is 11.6. The normalized spacial score (nSPS) is 12.2. The molecule has 5 heteroatoms. The van der Waals surface area contributed by atoms with E-state index in [0.717, 1.165) is 0 Å². The van der Waals surface area contributed by atoms with Crippen LogP contribution in [0, 0.1) is 17.2 Å². The summed E-state index contributed by atoms with van der Waals surface area (Å²) in [6.45, 7) is 4.25. The number of amides is 1. The van der Waals surface area contributed by atoms with Gasteiger partial charge in [0.05, 0.1) is 11.7 Å². The average Bonchev–Trinajstić information content (AvgIpc) is 2.73. The predicted molar refractivity (Wildman–Crippen MR) is 63.3 cm³/mol. The van der Waals surface area contributed by atoms with Gasteiger partial charge >= 0.3 is 0 Å². The lowest BCUT2D eigenvalue weighted by atomic mass is 10.1. The Morgan fingerprint density at radius 3 is 2.88 bits per heavy atom. The van der Waals surface area contributed by atoms with Crippen molar-refractivity contribution in [1.82, 2.24) is 10.3 Å². The Morgan fingerprint density at radius 2 is 2.35 bits per heavy atom. The van der Waals surface area contributed by atoms with E-state index >= 15 is 0 Å².